The first-order chi connectivity index (χ1) is 10.1. The Hall–Kier alpha value is -1.69. The van der Waals surface area contributed by atoms with Crippen LogP contribution in [0.15, 0.2) is 24.3 Å². The van der Waals surface area contributed by atoms with E-state index in [-0.39, 0.29) is 17.8 Å². The van der Waals surface area contributed by atoms with Crippen LogP contribution >= 0.6 is 0 Å². The molecule has 1 aliphatic heterocycles. The van der Waals surface area contributed by atoms with Crippen molar-refractivity contribution in [1.82, 2.24) is 4.90 Å². The van der Waals surface area contributed by atoms with Gasteiger partial charge < -0.3 is 14.4 Å². The molecule has 1 amide bonds. The van der Waals surface area contributed by atoms with Gasteiger partial charge in [0.25, 0.3) is 12.3 Å². The molecule has 0 spiro atoms. The van der Waals surface area contributed by atoms with Crippen LogP contribution < -0.4 is 4.74 Å². The average Bonchev–Trinajstić information content (AvgIpc) is 2.97. The third-order valence-corrected chi connectivity index (χ3v) is 3.31. The van der Waals surface area contributed by atoms with Crippen molar-refractivity contribution in [2.75, 3.05) is 26.8 Å². The minimum atomic E-state index is -2.54. The molecule has 116 valence electrons. The Morgan fingerprint density at radius 2 is 2.33 bits per heavy atom. The standard InChI is InChI=1S/C15H19F2NO3/c1-18(9-13-6-3-7-20-13)15(19)11-4-2-5-12(8-11)21-10-14(16)17/h2,4-5,8,13-14H,3,6-7,9-10H2,1H3. The second-order valence-corrected chi connectivity index (χ2v) is 5.05. The highest BCUT2D eigenvalue weighted by molar-refractivity contribution is 5.94. The van der Waals surface area contributed by atoms with Crippen LogP contribution in [0.2, 0.25) is 0 Å². The summed E-state index contributed by atoms with van der Waals surface area (Å²) in [5, 5.41) is 0. The van der Waals surface area contributed by atoms with Crippen LogP contribution in [0.3, 0.4) is 0 Å². The first kappa shape index (κ1) is 15.7. The summed E-state index contributed by atoms with van der Waals surface area (Å²) >= 11 is 0. The second-order valence-electron chi connectivity index (χ2n) is 5.05. The summed E-state index contributed by atoms with van der Waals surface area (Å²) in [5.74, 6) is 0.0969. The second kappa shape index (κ2) is 7.36. The molecule has 1 aromatic carbocycles. The fourth-order valence-electron chi connectivity index (χ4n) is 2.28. The molecule has 0 aliphatic carbocycles. The van der Waals surface area contributed by atoms with Gasteiger partial charge >= 0.3 is 0 Å². The van der Waals surface area contributed by atoms with Crippen LogP contribution in [0, 0.1) is 0 Å². The van der Waals surface area contributed by atoms with Crippen molar-refractivity contribution >= 4 is 5.91 Å². The van der Waals surface area contributed by atoms with Gasteiger partial charge in [0.1, 0.15) is 12.4 Å². The molecule has 1 atom stereocenters. The van der Waals surface area contributed by atoms with E-state index in [4.69, 9.17) is 9.47 Å². The van der Waals surface area contributed by atoms with Gasteiger partial charge in [-0.05, 0) is 31.0 Å². The van der Waals surface area contributed by atoms with Crippen molar-refractivity contribution in [3.63, 3.8) is 0 Å². The number of hydrogen-bond acceptors (Lipinski definition) is 3. The quantitative estimate of drug-likeness (QED) is 0.810. The molecule has 1 aliphatic rings. The molecule has 2 rings (SSSR count). The Morgan fingerprint density at radius 3 is 3.00 bits per heavy atom. The van der Waals surface area contributed by atoms with Crippen LogP contribution in [0.4, 0.5) is 8.78 Å². The number of alkyl halides is 2. The maximum atomic E-state index is 12.3. The zero-order valence-corrected chi connectivity index (χ0v) is 11.9. The number of benzene rings is 1. The third kappa shape index (κ3) is 4.67. The molecule has 1 fully saturated rings. The van der Waals surface area contributed by atoms with Gasteiger partial charge in [-0.1, -0.05) is 6.07 Å². The van der Waals surface area contributed by atoms with Crippen LogP contribution in [-0.2, 0) is 4.74 Å². The lowest BCUT2D eigenvalue weighted by Gasteiger charge is -2.21. The molecule has 0 bridgehead atoms. The molecule has 0 aromatic heterocycles. The summed E-state index contributed by atoms with van der Waals surface area (Å²) in [4.78, 5) is 13.9. The number of carbonyl (C=O) groups is 1. The molecule has 1 unspecified atom stereocenters. The molecule has 4 nitrogen and oxygen atoms in total. The van der Waals surface area contributed by atoms with E-state index in [1.165, 1.54) is 6.07 Å². The van der Waals surface area contributed by atoms with Crippen molar-refractivity contribution in [3.05, 3.63) is 29.8 Å². The van der Waals surface area contributed by atoms with E-state index in [2.05, 4.69) is 0 Å². The highest BCUT2D eigenvalue weighted by atomic mass is 19.3. The molecular weight excluding hydrogens is 280 g/mol. The highest BCUT2D eigenvalue weighted by Gasteiger charge is 2.21. The number of likely N-dealkylation sites (N-methyl/N-ethyl adjacent to an activating group) is 1. The molecular formula is C15H19F2NO3. The smallest absolute Gasteiger partial charge is 0.272 e. The monoisotopic (exact) mass is 299 g/mol. The first-order valence-corrected chi connectivity index (χ1v) is 6.94. The van der Waals surface area contributed by atoms with Crippen LogP contribution in [0.25, 0.3) is 0 Å². The maximum Gasteiger partial charge on any atom is 0.272 e. The maximum absolute atomic E-state index is 12.3. The third-order valence-electron chi connectivity index (χ3n) is 3.31. The van der Waals surface area contributed by atoms with Crippen molar-refractivity contribution < 1.29 is 23.0 Å². The lowest BCUT2D eigenvalue weighted by atomic mass is 10.1. The van der Waals surface area contributed by atoms with Gasteiger partial charge in [0, 0.05) is 25.8 Å². The normalized spacial score (nSPS) is 18.0. The lowest BCUT2D eigenvalue weighted by Crippen LogP contribution is -2.34. The summed E-state index contributed by atoms with van der Waals surface area (Å²) in [5.41, 5.74) is 0.419. The highest BCUT2D eigenvalue weighted by Crippen LogP contribution is 2.17. The summed E-state index contributed by atoms with van der Waals surface area (Å²) in [6.45, 7) is 0.591. The van der Waals surface area contributed by atoms with E-state index in [0.717, 1.165) is 19.4 Å². The number of carbonyl (C=O) groups excluding carboxylic acids is 1. The number of rotatable bonds is 6. The van der Waals surface area contributed by atoms with E-state index in [1.54, 1.807) is 30.1 Å². The number of nitrogens with zero attached hydrogens (tertiary/aromatic N) is 1. The van der Waals surface area contributed by atoms with Crippen molar-refractivity contribution in [2.24, 2.45) is 0 Å². The summed E-state index contributed by atoms with van der Waals surface area (Å²) in [7, 11) is 1.71. The Balaban J connectivity index is 1.95. The zero-order valence-electron chi connectivity index (χ0n) is 11.9. The van der Waals surface area contributed by atoms with E-state index in [0.29, 0.717) is 12.1 Å². The van der Waals surface area contributed by atoms with Gasteiger partial charge in [0.2, 0.25) is 0 Å². The Bertz CT molecular complexity index is 476. The Morgan fingerprint density at radius 1 is 1.52 bits per heavy atom. The van der Waals surface area contributed by atoms with Crippen molar-refractivity contribution in [1.29, 1.82) is 0 Å². The SMILES string of the molecule is CN(CC1CCCO1)C(=O)c1cccc(OCC(F)F)c1. The van der Waals surface area contributed by atoms with Gasteiger partial charge in [-0.25, -0.2) is 8.78 Å². The van der Waals surface area contributed by atoms with Crippen molar-refractivity contribution in [3.8, 4) is 5.75 Å². The molecule has 0 N–H and O–H groups in total. The average molecular weight is 299 g/mol. The molecule has 0 saturated carbocycles. The van der Waals surface area contributed by atoms with Crippen LogP contribution in [0.1, 0.15) is 23.2 Å². The fraction of sp³-hybridized carbons (Fsp3) is 0.533. The lowest BCUT2D eigenvalue weighted by molar-refractivity contribution is 0.0586. The summed E-state index contributed by atoms with van der Waals surface area (Å²) < 4.78 is 34.7. The van der Waals surface area contributed by atoms with Crippen LogP contribution in [0.5, 0.6) is 5.75 Å². The number of halogens is 2. The van der Waals surface area contributed by atoms with Gasteiger partial charge in [0.15, 0.2) is 0 Å². The minimum absolute atomic E-state index is 0.0808. The largest absolute Gasteiger partial charge is 0.488 e. The molecule has 6 heteroatoms. The Kier molecular flexibility index (Phi) is 5.50. The zero-order chi connectivity index (χ0) is 15.2. The minimum Gasteiger partial charge on any atom is -0.488 e. The van der Waals surface area contributed by atoms with Gasteiger partial charge in [-0.15, -0.1) is 0 Å². The molecule has 21 heavy (non-hydrogen) atoms. The van der Waals surface area contributed by atoms with E-state index >= 15 is 0 Å². The summed E-state index contributed by atoms with van der Waals surface area (Å²) in [6.07, 6.45) is -0.484. The fourth-order valence-corrected chi connectivity index (χ4v) is 2.28. The molecule has 1 saturated heterocycles. The van der Waals surface area contributed by atoms with Crippen molar-refractivity contribution in [2.45, 2.75) is 25.4 Å². The van der Waals surface area contributed by atoms with E-state index < -0.39 is 13.0 Å². The predicted molar refractivity (Wildman–Crippen MR) is 73.9 cm³/mol. The molecule has 1 aromatic rings. The van der Waals surface area contributed by atoms with Gasteiger partial charge in [-0.2, -0.15) is 0 Å². The van der Waals surface area contributed by atoms with Gasteiger partial charge in [0.05, 0.1) is 6.10 Å². The topological polar surface area (TPSA) is 38.8 Å². The Labute approximate surface area is 122 Å². The molecule has 1 heterocycles. The molecule has 0 radical (unpaired) electrons. The summed E-state index contributed by atoms with van der Waals surface area (Å²) in [6, 6.07) is 6.30. The number of hydrogen-bond donors (Lipinski definition) is 0. The van der Waals surface area contributed by atoms with Gasteiger partial charge in [-0.3, -0.25) is 4.79 Å². The first-order valence-electron chi connectivity index (χ1n) is 6.94. The van der Waals surface area contributed by atoms with E-state index in [9.17, 15) is 13.6 Å². The van der Waals surface area contributed by atoms with Crippen LogP contribution in [-0.4, -0.2) is 50.1 Å². The van der Waals surface area contributed by atoms with E-state index in [1.807, 2.05) is 0 Å². The predicted octanol–water partition coefficient (Wildman–Crippen LogP) is 2.58. The number of ether oxygens (including phenoxy) is 2. The number of amides is 1.